The molecule has 172 valence electrons. The number of imide groups is 1. The number of amides is 3. The van der Waals surface area contributed by atoms with E-state index in [0.717, 1.165) is 5.56 Å². The van der Waals surface area contributed by atoms with Gasteiger partial charge < -0.3 is 5.32 Å². The highest BCUT2D eigenvalue weighted by Gasteiger charge is 2.44. The van der Waals surface area contributed by atoms with Crippen molar-refractivity contribution in [1.82, 2.24) is 30.2 Å². The predicted octanol–water partition coefficient (Wildman–Crippen LogP) is 3.49. The third kappa shape index (κ3) is 3.35. The van der Waals surface area contributed by atoms with Gasteiger partial charge in [-0.2, -0.15) is 18.3 Å². The van der Waals surface area contributed by atoms with Crippen LogP contribution in [-0.4, -0.2) is 38.1 Å². The first-order valence-corrected chi connectivity index (χ1v) is 10.7. The van der Waals surface area contributed by atoms with Crippen LogP contribution in [0.1, 0.15) is 46.6 Å². The summed E-state index contributed by atoms with van der Waals surface area (Å²) < 4.78 is 42.9. The lowest BCUT2D eigenvalue weighted by atomic mass is 9.97. The Balaban J connectivity index is 1.40. The first kappa shape index (κ1) is 20.6. The fraction of sp³-hybridized carbons (Fsp3) is 0.261. The Hall–Kier alpha value is -4.02. The maximum absolute atomic E-state index is 13.8. The van der Waals surface area contributed by atoms with Crippen LogP contribution in [0.2, 0.25) is 0 Å². The Labute approximate surface area is 190 Å². The van der Waals surface area contributed by atoms with E-state index in [0.29, 0.717) is 28.8 Å². The third-order valence-electron chi connectivity index (χ3n) is 6.45. The van der Waals surface area contributed by atoms with Crippen molar-refractivity contribution in [3.05, 3.63) is 71.3 Å². The Bertz CT molecular complexity index is 1480. The van der Waals surface area contributed by atoms with Crippen molar-refractivity contribution in [3.8, 4) is 0 Å². The average Bonchev–Trinajstić information content (AvgIpc) is 3.45. The Morgan fingerprint density at radius 2 is 1.91 bits per heavy atom. The van der Waals surface area contributed by atoms with Crippen molar-refractivity contribution in [3.63, 3.8) is 0 Å². The molecule has 2 aliphatic rings. The van der Waals surface area contributed by atoms with Gasteiger partial charge in [0.25, 0.3) is 0 Å². The number of imidazole rings is 1. The quantitative estimate of drug-likeness (QED) is 0.481. The summed E-state index contributed by atoms with van der Waals surface area (Å²) in [4.78, 5) is 32.3. The van der Waals surface area contributed by atoms with Crippen LogP contribution in [0.4, 0.5) is 18.0 Å². The van der Waals surface area contributed by atoms with E-state index in [9.17, 15) is 22.8 Å². The van der Waals surface area contributed by atoms with Gasteiger partial charge >= 0.3 is 12.2 Å². The number of halogens is 3. The van der Waals surface area contributed by atoms with Gasteiger partial charge in [0.1, 0.15) is 0 Å². The number of hydrogen-bond donors (Lipinski definition) is 2. The summed E-state index contributed by atoms with van der Waals surface area (Å²) in [6.07, 6.45) is 0.849. The minimum Gasteiger partial charge on any atom is -0.337 e. The molecule has 3 atom stereocenters. The van der Waals surface area contributed by atoms with Gasteiger partial charge in [-0.3, -0.25) is 15.1 Å². The van der Waals surface area contributed by atoms with Crippen molar-refractivity contribution < 1.29 is 22.8 Å². The molecule has 1 aromatic carbocycles. The molecule has 4 aromatic rings. The third-order valence-corrected chi connectivity index (χ3v) is 6.45. The summed E-state index contributed by atoms with van der Waals surface area (Å²) in [5.41, 5.74) is 2.02. The minimum absolute atomic E-state index is 0.0724. The van der Waals surface area contributed by atoms with E-state index in [-0.39, 0.29) is 23.8 Å². The van der Waals surface area contributed by atoms with Crippen LogP contribution in [-0.2, 0) is 11.0 Å². The van der Waals surface area contributed by atoms with Gasteiger partial charge in [-0.1, -0.05) is 6.07 Å². The van der Waals surface area contributed by atoms with Crippen LogP contribution in [0.25, 0.3) is 16.6 Å². The van der Waals surface area contributed by atoms with Crippen molar-refractivity contribution >= 4 is 28.5 Å². The number of nitrogens with zero attached hydrogens (tertiary/aromatic N) is 4. The van der Waals surface area contributed by atoms with Gasteiger partial charge in [0.2, 0.25) is 5.91 Å². The van der Waals surface area contributed by atoms with Crippen LogP contribution in [0.15, 0.2) is 48.9 Å². The highest BCUT2D eigenvalue weighted by molar-refractivity contribution is 6.00. The predicted molar refractivity (Wildman–Crippen MR) is 114 cm³/mol. The van der Waals surface area contributed by atoms with Crippen molar-refractivity contribution in [1.29, 1.82) is 0 Å². The lowest BCUT2D eigenvalue weighted by molar-refractivity contribution is -0.136. The zero-order valence-electron chi connectivity index (χ0n) is 17.5. The van der Waals surface area contributed by atoms with Gasteiger partial charge in [-0.25, -0.2) is 14.3 Å². The number of fused-ring (bicyclic) bond motifs is 2. The molecule has 6 rings (SSSR count). The van der Waals surface area contributed by atoms with Gasteiger partial charge in [0, 0.05) is 36.1 Å². The number of rotatable bonds is 3. The molecule has 1 saturated heterocycles. The first-order valence-electron chi connectivity index (χ1n) is 10.7. The van der Waals surface area contributed by atoms with Crippen molar-refractivity contribution in [2.75, 3.05) is 6.54 Å². The molecule has 1 aliphatic heterocycles. The lowest BCUT2D eigenvalue weighted by Gasteiger charge is -2.22. The Morgan fingerprint density at radius 3 is 2.71 bits per heavy atom. The van der Waals surface area contributed by atoms with E-state index >= 15 is 0 Å². The second-order valence-corrected chi connectivity index (χ2v) is 8.56. The molecule has 3 amide bonds. The molecule has 0 bridgehead atoms. The van der Waals surface area contributed by atoms with Crippen LogP contribution < -0.4 is 10.6 Å². The monoisotopic (exact) mass is 466 g/mol. The average molecular weight is 466 g/mol. The number of carbonyl (C=O) groups is 2. The van der Waals surface area contributed by atoms with E-state index < -0.39 is 29.6 Å². The number of pyridine rings is 1. The Kier molecular flexibility index (Phi) is 4.38. The molecule has 0 spiro atoms. The molecule has 8 nitrogen and oxygen atoms in total. The van der Waals surface area contributed by atoms with Crippen LogP contribution in [0, 0.1) is 0 Å². The molecule has 4 heterocycles. The smallest absolute Gasteiger partial charge is 0.337 e. The molecule has 0 radical (unpaired) electrons. The summed E-state index contributed by atoms with van der Waals surface area (Å²) >= 11 is 0. The summed E-state index contributed by atoms with van der Waals surface area (Å²) in [5, 5.41) is 9.37. The second-order valence-electron chi connectivity index (χ2n) is 8.56. The number of aromatic nitrogens is 4. The number of nitrogens with one attached hydrogen (secondary N) is 2. The molecule has 2 fully saturated rings. The van der Waals surface area contributed by atoms with Crippen LogP contribution >= 0.6 is 0 Å². The fourth-order valence-corrected chi connectivity index (χ4v) is 4.73. The van der Waals surface area contributed by atoms with Gasteiger partial charge in [0.15, 0.2) is 5.65 Å². The van der Waals surface area contributed by atoms with Gasteiger partial charge in [-0.15, -0.1) is 0 Å². The molecule has 1 unspecified atom stereocenters. The van der Waals surface area contributed by atoms with Crippen molar-refractivity contribution in [2.45, 2.75) is 30.4 Å². The first-order chi connectivity index (χ1) is 16.3. The lowest BCUT2D eigenvalue weighted by Crippen LogP contribution is -2.51. The molecular weight excluding hydrogens is 449 g/mol. The molecule has 34 heavy (non-hydrogen) atoms. The molecule has 2 N–H and O–H groups in total. The number of urea groups is 1. The number of benzene rings is 1. The molecule has 1 aliphatic carbocycles. The minimum atomic E-state index is -4.50. The highest BCUT2D eigenvalue weighted by atomic mass is 19.4. The number of hydrogen-bond acceptors (Lipinski definition) is 5. The molecule has 11 heteroatoms. The van der Waals surface area contributed by atoms with E-state index in [1.165, 1.54) is 24.4 Å². The van der Waals surface area contributed by atoms with Gasteiger partial charge in [-0.05, 0) is 48.1 Å². The highest BCUT2D eigenvalue weighted by Crippen LogP contribution is 2.56. The molecule has 3 aromatic heterocycles. The molecular formula is C23H17F3N6O2. The normalized spacial score (nSPS) is 22.6. The zero-order valence-corrected chi connectivity index (χ0v) is 17.5. The van der Waals surface area contributed by atoms with Crippen LogP contribution in [0.5, 0.6) is 0 Å². The fourth-order valence-electron chi connectivity index (χ4n) is 4.73. The number of carbonyl (C=O) groups excluding carboxylic acids is 2. The van der Waals surface area contributed by atoms with E-state index in [1.54, 1.807) is 29.0 Å². The summed E-state index contributed by atoms with van der Waals surface area (Å²) in [7, 11) is 0. The van der Waals surface area contributed by atoms with E-state index in [1.807, 2.05) is 0 Å². The van der Waals surface area contributed by atoms with Crippen LogP contribution in [0.3, 0.4) is 0 Å². The zero-order chi connectivity index (χ0) is 23.6. The standard InChI is InChI=1S/C23H17F3N6O2/c24-23(25,26)17-6-11(7-18-12(17)2-1-3-27-18)13-8-14(13)15-9-19(31-32-5-4-28-20(15)32)16-10-29-22(34)30-21(16)33/h1-7,9,13-14,16H,8,10H2,(H2,29,30,33,34)/t13-,14+,16?/m1/s1. The topological polar surface area (TPSA) is 101 Å². The maximum Gasteiger partial charge on any atom is 0.417 e. The van der Waals surface area contributed by atoms with Crippen molar-refractivity contribution in [2.24, 2.45) is 0 Å². The SMILES string of the molecule is O=C1NCC(c2cc([C@H]3C[C@@H]3c3cc(C(F)(F)F)c4cccnc4c3)c3nccn3n2)C(=O)N1. The molecule has 1 saturated carbocycles. The summed E-state index contributed by atoms with van der Waals surface area (Å²) in [6, 6.07) is 7.07. The van der Waals surface area contributed by atoms with Gasteiger partial charge in [0.05, 0.1) is 22.7 Å². The Morgan fingerprint density at radius 1 is 1.06 bits per heavy atom. The summed E-state index contributed by atoms with van der Waals surface area (Å²) in [5.74, 6) is -1.37. The summed E-state index contributed by atoms with van der Waals surface area (Å²) in [6.45, 7) is 0.108. The van der Waals surface area contributed by atoms with E-state index in [4.69, 9.17) is 0 Å². The second kappa shape index (κ2) is 7.24. The largest absolute Gasteiger partial charge is 0.417 e. The number of alkyl halides is 3. The maximum atomic E-state index is 13.8. The van der Waals surface area contributed by atoms with E-state index in [2.05, 4.69) is 25.7 Å².